The second-order valence-electron chi connectivity index (χ2n) is 8.33. The Bertz CT molecular complexity index is 1230. The van der Waals surface area contributed by atoms with Crippen molar-refractivity contribution in [1.29, 1.82) is 5.26 Å². The number of para-hydroxylation sites is 1. The van der Waals surface area contributed by atoms with Gasteiger partial charge in [-0.15, -0.1) is 0 Å². The van der Waals surface area contributed by atoms with Gasteiger partial charge in [0, 0.05) is 23.2 Å². The first-order valence-electron chi connectivity index (χ1n) is 10.3. The number of piperidine rings is 1. The lowest BCUT2D eigenvalue weighted by molar-refractivity contribution is 0.241. The molecule has 0 saturated carbocycles. The van der Waals surface area contributed by atoms with Gasteiger partial charge in [-0.1, -0.05) is 48.0 Å². The van der Waals surface area contributed by atoms with E-state index >= 15 is 0 Å². The lowest BCUT2D eigenvalue weighted by Gasteiger charge is -2.49. The van der Waals surface area contributed by atoms with Gasteiger partial charge < -0.3 is 0 Å². The second-order valence-corrected chi connectivity index (χ2v) is 8.77. The maximum absolute atomic E-state index is 14.4. The molecule has 0 amide bonds. The standard InChI is InChI=1S/C26H21ClFN3/c1-16-9-10-19(28)12-21(16)25-26(15-30-24-8-3-2-7-22(24)26)23(13-20(14-29)31-25)17-5-4-6-18(27)11-17/h2-12,15,20,23,25,31H,13H2,1H3/t20?,23-,25+,26+/m0/s1. The lowest BCUT2D eigenvalue weighted by Crippen LogP contribution is -2.55. The van der Waals surface area contributed by atoms with Gasteiger partial charge in [0.15, 0.2) is 0 Å². The molecule has 1 saturated heterocycles. The molecule has 5 heteroatoms. The Labute approximate surface area is 186 Å². The third-order valence-electron chi connectivity index (χ3n) is 6.64. The van der Waals surface area contributed by atoms with Crippen molar-refractivity contribution in [3.05, 3.63) is 99.8 Å². The summed E-state index contributed by atoms with van der Waals surface area (Å²) in [6.45, 7) is 1.98. The van der Waals surface area contributed by atoms with Crippen LogP contribution in [0, 0.1) is 24.1 Å². The molecular formula is C26H21ClFN3. The fourth-order valence-corrected chi connectivity index (χ4v) is 5.44. The van der Waals surface area contributed by atoms with Crippen molar-refractivity contribution in [1.82, 2.24) is 5.32 Å². The zero-order valence-electron chi connectivity index (χ0n) is 17.0. The first-order chi connectivity index (χ1) is 15.0. The van der Waals surface area contributed by atoms with Crippen LogP contribution in [0.5, 0.6) is 0 Å². The summed E-state index contributed by atoms with van der Waals surface area (Å²) in [7, 11) is 0. The molecule has 1 fully saturated rings. The Morgan fingerprint density at radius 1 is 1.13 bits per heavy atom. The predicted molar refractivity (Wildman–Crippen MR) is 121 cm³/mol. The highest BCUT2D eigenvalue weighted by Gasteiger charge is 2.54. The number of benzene rings is 3. The van der Waals surface area contributed by atoms with Gasteiger partial charge in [-0.25, -0.2) is 4.39 Å². The molecule has 1 spiro atoms. The van der Waals surface area contributed by atoms with Crippen LogP contribution in [-0.4, -0.2) is 12.3 Å². The van der Waals surface area contributed by atoms with Crippen molar-refractivity contribution in [2.24, 2.45) is 4.99 Å². The topological polar surface area (TPSA) is 48.2 Å². The summed E-state index contributed by atoms with van der Waals surface area (Å²) < 4.78 is 14.4. The molecule has 1 unspecified atom stereocenters. The maximum atomic E-state index is 14.4. The minimum atomic E-state index is -0.576. The van der Waals surface area contributed by atoms with Gasteiger partial charge in [0.1, 0.15) is 5.82 Å². The number of fused-ring (bicyclic) bond motifs is 2. The van der Waals surface area contributed by atoms with E-state index in [0.29, 0.717) is 11.4 Å². The molecule has 2 aliphatic rings. The molecule has 3 nitrogen and oxygen atoms in total. The number of hydrogen-bond acceptors (Lipinski definition) is 3. The molecule has 1 N–H and O–H groups in total. The normalized spacial score (nSPS) is 26.6. The fourth-order valence-electron chi connectivity index (χ4n) is 5.24. The van der Waals surface area contributed by atoms with Gasteiger partial charge >= 0.3 is 0 Å². The van der Waals surface area contributed by atoms with Gasteiger partial charge in [-0.3, -0.25) is 10.3 Å². The first kappa shape index (κ1) is 19.9. The monoisotopic (exact) mass is 429 g/mol. The van der Waals surface area contributed by atoms with Crippen molar-refractivity contribution < 1.29 is 4.39 Å². The van der Waals surface area contributed by atoms with E-state index in [4.69, 9.17) is 16.6 Å². The average molecular weight is 430 g/mol. The minimum Gasteiger partial charge on any atom is -0.294 e. The van der Waals surface area contributed by atoms with Crippen LogP contribution in [0.2, 0.25) is 5.02 Å². The molecule has 154 valence electrons. The number of aryl methyl sites for hydroxylation is 1. The highest BCUT2D eigenvalue weighted by Crippen LogP contribution is 2.57. The smallest absolute Gasteiger partial charge is 0.123 e. The largest absolute Gasteiger partial charge is 0.294 e. The number of nitrogens with zero attached hydrogens (tertiary/aromatic N) is 2. The van der Waals surface area contributed by atoms with E-state index in [9.17, 15) is 9.65 Å². The Kier molecular flexibility index (Phi) is 4.89. The van der Waals surface area contributed by atoms with Crippen LogP contribution < -0.4 is 5.32 Å². The van der Waals surface area contributed by atoms with Gasteiger partial charge in [0.05, 0.1) is 23.2 Å². The van der Waals surface area contributed by atoms with E-state index in [1.54, 1.807) is 12.1 Å². The first-order valence-corrected chi connectivity index (χ1v) is 10.7. The van der Waals surface area contributed by atoms with Gasteiger partial charge in [0.25, 0.3) is 0 Å². The van der Waals surface area contributed by atoms with Crippen molar-refractivity contribution in [3.8, 4) is 6.07 Å². The SMILES string of the molecule is Cc1ccc(F)cc1[C@H]1NC(C#N)C[C@@H](c2cccc(Cl)c2)[C@]12C=Nc1ccccc12. The highest BCUT2D eigenvalue weighted by molar-refractivity contribution is 6.30. The van der Waals surface area contributed by atoms with E-state index in [0.717, 1.165) is 27.9 Å². The molecule has 0 aliphatic carbocycles. The van der Waals surface area contributed by atoms with E-state index in [2.05, 4.69) is 23.5 Å². The summed E-state index contributed by atoms with van der Waals surface area (Å²) in [6.07, 6.45) is 2.60. The fraction of sp³-hybridized carbons (Fsp3) is 0.231. The van der Waals surface area contributed by atoms with Crippen LogP contribution in [0.1, 0.15) is 40.6 Å². The molecule has 0 radical (unpaired) electrons. The van der Waals surface area contributed by atoms with Crippen LogP contribution in [0.15, 0.2) is 71.7 Å². The van der Waals surface area contributed by atoms with Crippen LogP contribution in [0.3, 0.4) is 0 Å². The Hall–Kier alpha value is -3.00. The number of hydrogen-bond donors (Lipinski definition) is 1. The summed E-state index contributed by atoms with van der Waals surface area (Å²) in [5.74, 6) is -0.351. The van der Waals surface area contributed by atoms with Crippen LogP contribution in [-0.2, 0) is 5.41 Å². The number of aliphatic imine (C=N–C) groups is 1. The molecular weight excluding hydrogens is 409 g/mol. The van der Waals surface area contributed by atoms with Gasteiger partial charge in [-0.2, -0.15) is 5.26 Å². The van der Waals surface area contributed by atoms with Gasteiger partial charge in [-0.05, 0) is 65.9 Å². The highest BCUT2D eigenvalue weighted by atomic mass is 35.5. The zero-order chi connectivity index (χ0) is 21.6. The van der Waals surface area contributed by atoms with Crippen molar-refractivity contribution in [2.45, 2.75) is 36.8 Å². The molecule has 5 rings (SSSR count). The Morgan fingerprint density at radius 3 is 2.77 bits per heavy atom. The van der Waals surface area contributed by atoms with E-state index in [1.165, 1.54) is 6.07 Å². The molecule has 4 atom stereocenters. The summed E-state index contributed by atoms with van der Waals surface area (Å²) in [5, 5.41) is 14.1. The van der Waals surface area contributed by atoms with Crippen molar-refractivity contribution in [3.63, 3.8) is 0 Å². The lowest BCUT2D eigenvalue weighted by atomic mass is 9.58. The summed E-state index contributed by atoms with van der Waals surface area (Å²) in [4.78, 5) is 4.78. The van der Waals surface area contributed by atoms with E-state index < -0.39 is 5.41 Å². The zero-order valence-corrected chi connectivity index (χ0v) is 17.8. The van der Waals surface area contributed by atoms with E-state index in [-0.39, 0.29) is 23.8 Å². The molecule has 0 bridgehead atoms. The second kappa shape index (κ2) is 7.60. The molecule has 2 aliphatic heterocycles. The molecule has 3 aromatic carbocycles. The maximum Gasteiger partial charge on any atom is 0.123 e. The number of nitrogens with one attached hydrogen (secondary N) is 1. The minimum absolute atomic E-state index is 0.0582. The van der Waals surface area contributed by atoms with Crippen molar-refractivity contribution >= 4 is 23.5 Å². The Balaban J connectivity index is 1.79. The van der Waals surface area contributed by atoms with Crippen LogP contribution >= 0.6 is 11.6 Å². The summed E-state index contributed by atoms with van der Waals surface area (Å²) in [6, 6.07) is 22.4. The predicted octanol–water partition coefficient (Wildman–Crippen LogP) is 6.15. The number of nitriles is 1. The summed E-state index contributed by atoms with van der Waals surface area (Å²) in [5.41, 5.74) is 4.28. The van der Waals surface area contributed by atoms with Gasteiger partial charge in [0.2, 0.25) is 0 Å². The Morgan fingerprint density at radius 2 is 1.97 bits per heavy atom. The quantitative estimate of drug-likeness (QED) is 0.531. The number of rotatable bonds is 2. The molecule has 2 heterocycles. The van der Waals surface area contributed by atoms with Crippen LogP contribution in [0.25, 0.3) is 0 Å². The third-order valence-corrected chi connectivity index (χ3v) is 6.88. The molecule has 3 aromatic rings. The van der Waals surface area contributed by atoms with E-state index in [1.807, 2.05) is 49.5 Å². The number of halogens is 2. The molecule has 31 heavy (non-hydrogen) atoms. The average Bonchev–Trinajstić information content (AvgIpc) is 3.16. The van der Waals surface area contributed by atoms with Crippen molar-refractivity contribution in [2.75, 3.05) is 0 Å². The molecule has 0 aromatic heterocycles. The third kappa shape index (κ3) is 3.17. The van der Waals surface area contributed by atoms with Crippen LogP contribution in [0.4, 0.5) is 10.1 Å². The summed E-state index contributed by atoms with van der Waals surface area (Å²) >= 11 is 6.37.